The van der Waals surface area contributed by atoms with Gasteiger partial charge in [-0.1, -0.05) is 398 Å². The molecule has 0 aliphatic rings. The first-order valence-corrected chi connectivity index (χ1v) is 39.1. The molecule has 2 atom stereocenters. The first kappa shape index (κ1) is 83.3. The zero-order valence-corrected chi connectivity index (χ0v) is 57.9. The number of aliphatic hydroxyl groups excluding tert-OH is 2. The third-order valence-electron chi connectivity index (χ3n) is 18.5. The van der Waals surface area contributed by atoms with E-state index in [1.165, 1.54) is 366 Å². The third-order valence-corrected chi connectivity index (χ3v) is 18.5. The van der Waals surface area contributed by atoms with Crippen LogP contribution in [0.3, 0.4) is 0 Å². The summed E-state index contributed by atoms with van der Waals surface area (Å²) >= 11 is 0. The number of rotatable bonds is 74. The number of allylic oxidation sites excluding steroid dienone is 4. The summed E-state index contributed by atoms with van der Waals surface area (Å²) in [6.45, 7) is 5.00. The van der Waals surface area contributed by atoms with Crippen LogP contribution in [0.4, 0.5) is 0 Å². The third kappa shape index (κ3) is 71.3. The Morgan fingerprint density at radius 3 is 0.894 bits per heavy atom. The molecule has 0 aliphatic carbocycles. The van der Waals surface area contributed by atoms with Gasteiger partial charge < -0.3 is 20.3 Å². The van der Waals surface area contributed by atoms with Crippen molar-refractivity contribution >= 4 is 11.9 Å². The number of amides is 1. The highest BCUT2D eigenvalue weighted by Gasteiger charge is 2.20. The van der Waals surface area contributed by atoms with Gasteiger partial charge in [0.25, 0.3) is 0 Å². The number of carbonyl (C=O) groups excluding carboxylic acids is 2. The Labute approximate surface area is 532 Å². The molecule has 0 aliphatic heterocycles. The molecule has 3 N–H and O–H groups in total. The van der Waals surface area contributed by atoms with Crippen molar-refractivity contribution in [3.63, 3.8) is 0 Å². The molecule has 1 amide bonds. The van der Waals surface area contributed by atoms with Gasteiger partial charge in [0.15, 0.2) is 0 Å². The molecule has 0 rings (SSSR count). The predicted octanol–water partition coefficient (Wildman–Crippen LogP) is 25.7. The summed E-state index contributed by atoms with van der Waals surface area (Å²) in [6, 6.07) is -0.540. The number of hydrogen-bond acceptors (Lipinski definition) is 5. The lowest BCUT2D eigenvalue weighted by Gasteiger charge is -2.22. The maximum Gasteiger partial charge on any atom is 0.305 e. The van der Waals surface area contributed by atoms with Crippen LogP contribution in [0.1, 0.15) is 444 Å². The minimum Gasteiger partial charge on any atom is -0.466 e. The highest BCUT2D eigenvalue weighted by molar-refractivity contribution is 5.76. The molecule has 6 heteroatoms. The van der Waals surface area contributed by atoms with Crippen molar-refractivity contribution in [2.45, 2.75) is 456 Å². The molecule has 0 aromatic carbocycles. The number of esters is 1. The summed E-state index contributed by atoms with van der Waals surface area (Å²) in [4.78, 5) is 24.6. The van der Waals surface area contributed by atoms with Crippen molar-refractivity contribution in [2.75, 3.05) is 13.2 Å². The van der Waals surface area contributed by atoms with E-state index in [4.69, 9.17) is 4.74 Å². The van der Waals surface area contributed by atoms with Crippen LogP contribution in [-0.4, -0.2) is 47.4 Å². The lowest BCUT2D eigenvalue weighted by Crippen LogP contribution is -2.45. The highest BCUT2D eigenvalue weighted by Crippen LogP contribution is 2.20. The largest absolute Gasteiger partial charge is 0.466 e. The van der Waals surface area contributed by atoms with E-state index in [0.29, 0.717) is 25.9 Å². The average Bonchev–Trinajstić information content (AvgIpc) is 3.51. The fraction of sp³-hybridized carbons (Fsp3) is 0.924. The Balaban J connectivity index is 3.35. The molecule has 85 heavy (non-hydrogen) atoms. The molecule has 504 valence electrons. The Kier molecular flexibility index (Phi) is 73.3. The fourth-order valence-electron chi connectivity index (χ4n) is 12.6. The highest BCUT2D eigenvalue weighted by atomic mass is 16.5. The number of unbranched alkanes of at least 4 members (excludes halogenated alkanes) is 59. The fourth-order valence-corrected chi connectivity index (χ4v) is 12.6. The van der Waals surface area contributed by atoms with Gasteiger partial charge >= 0.3 is 5.97 Å². The van der Waals surface area contributed by atoms with E-state index in [1.54, 1.807) is 0 Å². The molecule has 0 fully saturated rings. The molecule has 0 aromatic rings. The van der Waals surface area contributed by atoms with Crippen molar-refractivity contribution in [3.05, 3.63) is 24.3 Å². The smallest absolute Gasteiger partial charge is 0.305 e. The average molecular weight is 1200 g/mol. The minimum absolute atomic E-state index is 0.0212. The maximum absolute atomic E-state index is 12.5. The monoisotopic (exact) mass is 1200 g/mol. The molecule has 2 unspecified atom stereocenters. The van der Waals surface area contributed by atoms with Gasteiger partial charge in [-0.25, -0.2) is 0 Å². The summed E-state index contributed by atoms with van der Waals surface area (Å²) in [6.07, 6.45) is 95.5. The Hall–Kier alpha value is -1.66. The van der Waals surface area contributed by atoms with E-state index in [0.717, 1.165) is 44.9 Å². The number of aliphatic hydroxyl groups is 2. The zero-order valence-electron chi connectivity index (χ0n) is 57.9. The first-order valence-electron chi connectivity index (χ1n) is 39.1. The number of ether oxygens (including phenoxy) is 1. The van der Waals surface area contributed by atoms with Crippen LogP contribution in [0.15, 0.2) is 24.3 Å². The van der Waals surface area contributed by atoms with Crippen molar-refractivity contribution in [1.29, 1.82) is 0 Å². The molecule has 0 radical (unpaired) electrons. The number of nitrogens with one attached hydrogen (secondary N) is 1. The van der Waals surface area contributed by atoms with E-state index in [1.807, 2.05) is 0 Å². The Morgan fingerprint density at radius 2 is 0.588 bits per heavy atom. The van der Waals surface area contributed by atoms with E-state index in [2.05, 4.69) is 43.5 Å². The van der Waals surface area contributed by atoms with Gasteiger partial charge in [-0.3, -0.25) is 9.59 Å². The normalized spacial score (nSPS) is 12.6. The first-order chi connectivity index (χ1) is 42.0. The number of hydrogen-bond donors (Lipinski definition) is 3. The SMILES string of the molecule is CCCCCCCCCCCCCCCCCCCC(O)C(CO)NC(=O)CCCCCCCCCCCCCCCCCCC/C=C\C/C=C\CCCCCCCCCCCCCOC(=O)CCCCCCCCCCCCCCCCCC. The molecular weight excluding hydrogens is 1040 g/mol. The van der Waals surface area contributed by atoms with Crippen LogP contribution in [0, 0.1) is 0 Å². The second-order valence-corrected chi connectivity index (χ2v) is 27.0. The summed E-state index contributed by atoms with van der Waals surface area (Å²) < 4.78 is 5.51. The van der Waals surface area contributed by atoms with Gasteiger partial charge in [-0.05, 0) is 57.8 Å². The van der Waals surface area contributed by atoms with E-state index < -0.39 is 12.1 Å². The predicted molar refractivity (Wildman–Crippen MR) is 375 cm³/mol. The van der Waals surface area contributed by atoms with Crippen LogP contribution in [0.5, 0.6) is 0 Å². The topological polar surface area (TPSA) is 95.9 Å². The minimum atomic E-state index is -0.663. The van der Waals surface area contributed by atoms with Crippen molar-refractivity contribution in [3.8, 4) is 0 Å². The zero-order chi connectivity index (χ0) is 61.3. The molecule has 6 nitrogen and oxygen atoms in total. The lowest BCUT2D eigenvalue weighted by atomic mass is 10.0. The van der Waals surface area contributed by atoms with Gasteiger partial charge in [0.05, 0.1) is 25.4 Å². The van der Waals surface area contributed by atoms with Crippen LogP contribution < -0.4 is 5.32 Å². The lowest BCUT2D eigenvalue weighted by molar-refractivity contribution is -0.143. The summed E-state index contributed by atoms with van der Waals surface area (Å²) in [5.41, 5.74) is 0. The summed E-state index contributed by atoms with van der Waals surface area (Å²) in [5, 5.41) is 23.4. The standard InChI is InChI=1S/C79H153NO5/c1-3-5-7-9-11-13-15-17-19-40-43-47-51-55-59-63-67-71-77(82)76(75-81)80-78(83)72-68-64-60-56-52-48-44-41-38-36-34-32-30-28-26-24-22-21-23-25-27-29-31-33-35-37-39-42-46-50-54-58-62-66-70-74-85-79(84)73-69-65-61-57-53-49-45-20-18-16-14-12-10-8-6-4-2/h23,25,29,31,76-77,81-82H,3-22,24,26-28,30,32-75H2,1-2H3,(H,80,83)/b25-23-,31-29-. The van der Waals surface area contributed by atoms with Crippen molar-refractivity contribution in [1.82, 2.24) is 5.32 Å². The van der Waals surface area contributed by atoms with Gasteiger partial charge in [-0.2, -0.15) is 0 Å². The molecule has 0 spiro atoms. The van der Waals surface area contributed by atoms with E-state index in [9.17, 15) is 19.8 Å². The van der Waals surface area contributed by atoms with Crippen molar-refractivity contribution in [2.24, 2.45) is 0 Å². The summed E-state index contributed by atoms with van der Waals surface area (Å²) in [5.74, 6) is -0.00727. The maximum atomic E-state index is 12.5. The summed E-state index contributed by atoms with van der Waals surface area (Å²) in [7, 11) is 0. The molecule has 0 aromatic heterocycles. The Bertz CT molecular complexity index is 1330. The number of carbonyl (C=O) groups is 2. The van der Waals surface area contributed by atoms with Gasteiger partial charge in [0.2, 0.25) is 5.91 Å². The van der Waals surface area contributed by atoms with Crippen LogP contribution in [-0.2, 0) is 14.3 Å². The molecule has 0 bridgehead atoms. The van der Waals surface area contributed by atoms with Crippen LogP contribution in [0.25, 0.3) is 0 Å². The second-order valence-electron chi connectivity index (χ2n) is 27.0. The molecular formula is C79H153NO5. The van der Waals surface area contributed by atoms with E-state index >= 15 is 0 Å². The van der Waals surface area contributed by atoms with Crippen molar-refractivity contribution < 1.29 is 24.5 Å². The van der Waals surface area contributed by atoms with Crippen LogP contribution >= 0.6 is 0 Å². The van der Waals surface area contributed by atoms with Gasteiger partial charge in [0, 0.05) is 12.8 Å². The molecule has 0 saturated heterocycles. The second kappa shape index (κ2) is 74.8. The quantitative estimate of drug-likeness (QED) is 0.0320. The van der Waals surface area contributed by atoms with Gasteiger partial charge in [0.1, 0.15) is 0 Å². The van der Waals surface area contributed by atoms with Crippen LogP contribution in [0.2, 0.25) is 0 Å². The van der Waals surface area contributed by atoms with Gasteiger partial charge in [-0.15, -0.1) is 0 Å². The molecule has 0 heterocycles. The van der Waals surface area contributed by atoms with E-state index in [-0.39, 0.29) is 18.5 Å². The Morgan fingerprint density at radius 1 is 0.329 bits per heavy atom. The molecule has 0 saturated carbocycles.